The minimum absolute atomic E-state index is 0.523. The average Bonchev–Trinajstić information content (AvgIpc) is 3.32. The van der Waals surface area contributed by atoms with Gasteiger partial charge in [-0.2, -0.15) is 0 Å². The van der Waals surface area contributed by atoms with Crippen LogP contribution in [0.1, 0.15) is 16.7 Å². The van der Waals surface area contributed by atoms with E-state index in [1.165, 1.54) is 6.20 Å². The Balaban J connectivity index is 1.53. The molecule has 0 radical (unpaired) electrons. The van der Waals surface area contributed by atoms with Crippen LogP contribution in [0.5, 0.6) is 11.5 Å². The summed E-state index contributed by atoms with van der Waals surface area (Å²) in [5.74, 6) is 1.34. The van der Waals surface area contributed by atoms with Crippen molar-refractivity contribution in [3.63, 3.8) is 0 Å². The molecule has 230 valence electrons. The van der Waals surface area contributed by atoms with Gasteiger partial charge < -0.3 is 29.7 Å². The summed E-state index contributed by atoms with van der Waals surface area (Å²) < 4.78 is 31.7. The van der Waals surface area contributed by atoms with E-state index in [1.807, 2.05) is 78.9 Å². The van der Waals surface area contributed by atoms with E-state index in [-0.39, 0.29) is 0 Å². The summed E-state index contributed by atoms with van der Waals surface area (Å²) in [5.41, 5.74) is 8.36. The zero-order valence-electron chi connectivity index (χ0n) is 24.1. The van der Waals surface area contributed by atoms with Gasteiger partial charge in [-0.1, -0.05) is 59.7 Å². The van der Waals surface area contributed by atoms with Crippen molar-refractivity contribution >= 4 is 6.03 Å². The Bertz CT molecular complexity index is 1470. The minimum Gasteiger partial charge on any atom is -0.497 e. The van der Waals surface area contributed by atoms with Crippen LogP contribution in [0.4, 0.5) is 9.18 Å². The monoisotopic (exact) mass is 604 g/mol. The fraction of sp³-hybridized carbons (Fsp3) is 0.323. The summed E-state index contributed by atoms with van der Waals surface area (Å²) in [4.78, 5) is 17.0. The molecule has 0 aliphatic carbocycles. The maximum absolute atomic E-state index is 15.3. The number of hydrogen-bond acceptors (Lipinski definition) is 8. The fourth-order valence-corrected chi connectivity index (χ4v) is 5.63. The molecule has 13 heteroatoms. The molecule has 0 saturated carbocycles. The molecule has 1 unspecified atom stereocenters. The van der Waals surface area contributed by atoms with Gasteiger partial charge in [0.2, 0.25) is 0 Å². The molecule has 0 aromatic heterocycles. The van der Waals surface area contributed by atoms with E-state index in [9.17, 15) is 15.0 Å². The van der Waals surface area contributed by atoms with Gasteiger partial charge in [0.05, 0.1) is 32.9 Å². The number of methoxy groups -OCH3 is 2. The first-order chi connectivity index (χ1) is 21.3. The molecule has 1 saturated heterocycles. The van der Waals surface area contributed by atoms with Gasteiger partial charge in [0, 0.05) is 11.1 Å². The Kier molecular flexibility index (Phi) is 9.04. The smallest absolute Gasteiger partial charge is 0.325 e. The number of azide groups is 1. The van der Waals surface area contributed by atoms with Gasteiger partial charge in [-0.25, -0.2) is 9.18 Å². The molecule has 5 atom stereocenters. The van der Waals surface area contributed by atoms with Gasteiger partial charge in [-0.15, -0.1) is 0 Å². The van der Waals surface area contributed by atoms with Gasteiger partial charge in [0.15, 0.2) is 12.4 Å². The van der Waals surface area contributed by atoms with E-state index in [0.717, 1.165) is 21.6 Å². The quantitative estimate of drug-likeness (QED) is 0.113. The van der Waals surface area contributed by atoms with Gasteiger partial charge >= 0.3 is 6.03 Å². The number of nitrogens with zero attached hydrogens (tertiary/aromatic N) is 4. The van der Waals surface area contributed by atoms with Crippen molar-refractivity contribution in [1.82, 2.24) is 15.5 Å². The lowest BCUT2D eigenvalue weighted by atomic mass is 9.76. The predicted molar refractivity (Wildman–Crippen MR) is 158 cm³/mol. The highest BCUT2D eigenvalue weighted by Gasteiger charge is 2.57. The van der Waals surface area contributed by atoms with E-state index in [2.05, 4.69) is 20.7 Å². The number of ether oxygens (including phenoxy) is 3. The van der Waals surface area contributed by atoms with Crippen LogP contribution in [0.2, 0.25) is 0 Å². The second-order valence-corrected chi connectivity index (χ2v) is 10.4. The van der Waals surface area contributed by atoms with E-state index in [0.29, 0.717) is 11.5 Å². The molecule has 5 rings (SSSR count). The van der Waals surface area contributed by atoms with Crippen LogP contribution in [0.15, 0.2) is 96.3 Å². The first-order valence-corrected chi connectivity index (χ1v) is 13.8. The lowest BCUT2D eigenvalue weighted by molar-refractivity contribution is -0.126. The van der Waals surface area contributed by atoms with Crippen LogP contribution >= 0.6 is 0 Å². The predicted octanol–water partition coefficient (Wildman–Crippen LogP) is 3.55. The molecule has 0 spiro atoms. The molecular formula is C31H33FN6O6. The zero-order chi connectivity index (χ0) is 31.3. The highest BCUT2D eigenvalue weighted by atomic mass is 19.1. The summed E-state index contributed by atoms with van der Waals surface area (Å²) in [6.45, 7) is -1.35. The SMILES string of the molecule is COc1ccc(C(NC2C=CN([C@@H]3O[C@@](CO)(CN=[N+]=[N-])[C@@H](O)[C@H]3F)C(=O)N2)(c2ccccc2)c2ccc(OC)cc2)cc1. The number of rotatable bonds is 11. The Hall–Kier alpha value is -4.65. The highest BCUT2D eigenvalue weighted by molar-refractivity contribution is 5.77. The number of aliphatic hydroxyl groups is 2. The highest BCUT2D eigenvalue weighted by Crippen LogP contribution is 2.40. The molecule has 2 heterocycles. The Morgan fingerprint density at radius 2 is 1.61 bits per heavy atom. The topological polar surface area (TPSA) is 161 Å². The normalized spacial score (nSPS) is 24.8. The Morgan fingerprint density at radius 3 is 2.11 bits per heavy atom. The summed E-state index contributed by atoms with van der Waals surface area (Å²) in [6.07, 6.45) is -3.28. The third-order valence-corrected chi connectivity index (χ3v) is 7.99. The number of carbonyl (C=O) groups is 1. The molecule has 4 N–H and O–H groups in total. The van der Waals surface area contributed by atoms with Crippen LogP contribution in [-0.4, -0.2) is 78.8 Å². The molecule has 3 aromatic carbocycles. The van der Waals surface area contributed by atoms with Crippen LogP contribution in [0, 0.1) is 0 Å². The third kappa shape index (κ3) is 5.54. The number of amides is 2. The summed E-state index contributed by atoms with van der Waals surface area (Å²) in [5, 5.41) is 30.2. The van der Waals surface area contributed by atoms with Gasteiger partial charge in [0.1, 0.15) is 29.4 Å². The van der Waals surface area contributed by atoms with Crippen molar-refractivity contribution in [2.75, 3.05) is 27.4 Å². The number of urea groups is 1. The van der Waals surface area contributed by atoms with Crippen molar-refractivity contribution in [3.8, 4) is 11.5 Å². The van der Waals surface area contributed by atoms with Crippen molar-refractivity contribution in [2.45, 2.75) is 35.8 Å². The van der Waals surface area contributed by atoms with Crippen LogP contribution in [0.3, 0.4) is 0 Å². The average molecular weight is 605 g/mol. The lowest BCUT2D eigenvalue weighted by Crippen LogP contribution is -2.60. The maximum atomic E-state index is 15.3. The molecule has 2 aliphatic rings. The van der Waals surface area contributed by atoms with E-state index in [1.54, 1.807) is 20.3 Å². The maximum Gasteiger partial charge on any atom is 0.325 e. The van der Waals surface area contributed by atoms with Gasteiger partial charge in [-0.05, 0) is 52.6 Å². The Morgan fingerprint density at radius 1 is 1.05 bits per heavy atom. The largest absolute Gasteiger partial charge is 0.497 e. The van der Waals surface area contributed by atoms with Crippen molar-refractivity contribution in [2.24, 2.45) is 5.11 Å². The van der Waals surface area contributed by atoms with Gasteiger partial charge in [0.25, 0.3) is 0 Å². The summed E-state index contributed by atoms with van der Waals surface area (Å²) >= 11 is 0. The molecule has 44 heavy (non-hydrogen) atoms. The Labute approximate surface area is 253 Å². The van der Waals surface area contributed by atoms with E-state index < -0.39 is 55.0 Å². The second kappa shape index (κ2) is 12.9. The standard InChI is InChI=1S/C31H33FN6O6/c1-42-23-12-8-21(9-13-23)31(20-6-4-3-5-7-20,22-10-14-24(43-2)15-11-22)36-25-16-17-38(29(41)35-25)28-26(32)27(40)30(19-39,44-28)18-34-37-33/h3-17,25-28,36,39-40H,18-19H2,1-2H3,(H,35,41)/t25?,26-,27+,28-,30-/m1/s1. The van der Waals surface area contributed by atoms with E-state index >= 15 is 4.39 Å². The molecular weight excluding hydrogens is 571 g/mol. The van der Waals surface area contributed by atoms with Crippen LogP contribution in [-0.2, 0) is 10.3 Å². The first kappa shape index (κ1) is 30.8. The molecule has 2 amide bonds. The number of halogens is 1. The number of alkyl halides is 1. The molecule has 3 aromatic rings. The third-order valence-electron chi connectivity index (χ3n) is 7.99. The second-order valence-electron chi connectivity index (χ2n) is 10.4. The van der Waals surface area contributed by atoms with E-state index in [4.69, 9.17) is 19.7 Å². The number of nitrogens with one attached hydrogen (secondary N) is 2. The number of hydrogen-bond donors (Lipinski definition) is 4. The molecule has 12 nitrogen and oxygen atoms in total. The van der Waals surface area contributed by atoms with Crippen LogP contribution < -0.4 is 20.1 Å². The molecule has 1 fully saturated rings. The van der Waals surface area contributed by atoms with Crippen molar-refractivity contribution < 1.29 is 33.6 Å². The molecule has 0 bridgehead atoms. The number of carbonyl (C=O) groups excluding carboxylic acids is 1. The van der Waals surface area contributed by atoms with Crippen molar-refractivity contribution in [3.05, 3.63) is 118 Å². The molecule has 2 aliphatic heterocycles. The summed E-state index contributed by atoms with van der Waals surface area (Å²) in [6, 6.07) is 24.1. The minimum atomic E-state index is -2.09. The number of benzene rings is 3. The fourth-order valence-electron chi connectivity index (χ4n) is 5.63. The van der Waals surface area contributed by atoms with Gasteiger partial charge in [-0.3, -0.25) is 10.2 Å². The lowest BCUT2D eigenvalue weighted by Gasteiger charge is -2.41. The number of aliphatic hydroxyl groups excluding tert-OH is 2. The van der Waals surface area contributed by atoms with Crippen molar-refractivity contribution in [1.29, 1.82) is 0 Å². The first-order valence-electron chi connectivity index (χ1n) is 13.8. The zero-order valence-corrected chi connectivity index (χ0v) is 24.1. The van der Waals surface area contributed by atoms with Crippen LogP contribution in [0.25, 0.3) is 10.4 Å². The summed E-state index contributed by atoms with van der Waals surface area (Å²) in [7, 11) is 3.18.